The maximum absolute atomic E-state index is 5.31. The van der Waals surface area contributed by atoms with Crippen LogP contribution in [0.4, 0.5) is 0 Å². The number of benzene rings is 1. The first-order chi connectivity index (χ1) is 9.83. The lowest BCUT2D eigenvalue weighted by molar-refractivity contribution is 0.416. The molecule has 1 aromatic carbocycles. The zero-order chi connectivity index (χ0) is 13.9. The molecule has 4 heteroatoms. The van der Waals surface area contributed by atoms with Gasteiger partial charge in [-0.25, -0.2) is 0 Å². The molecule has 0 radical (unpaired) electrons. The summed E-state index contributed by atoms with van der Waals surface area (Å²) in [6.45, 7) is 3.08. The van der Waals surface area contributed by atoms with Gasteiger partial charge >= 0.3 is 0 Å². The van der Waals surface area contributed by atoms with Crippen molar-refractivity contribution in [2.24, 2.45) is 0 Å². The zero-order valence-corrected chi connectivity index (χ0v) is 13.2. The van der Waals surface area contributed by atoms with Crippen LogP contribution < -0.4 is 10.1 Å². The van der Waals surface area contributed by atoms with Gasteiger partial charge in [-0.05, 0) is 35.0 Å². The Bertz CT molecular complexity index is 701. The summed E-state index contributed by atoms with van der Waals surface area (Å²) in [5.74, 6) is 0.937. The molecule has 0 aliphatic carbocycles. The number of methoxy groups -OCH3 is 1. The molecule has 0 spiro atoms. The van der Waals surface area contributed by atoms with Gasteiger partial charge in [0.25, 0.3) is 0 Å². The second kappa shape index (κ2) is 5.95. The Labute approximate surface area is 127 Å². The monoisotopic (exact) mass is 303 g/mol. The highest BCUT2D eigenvalue weighted by molar-refractivity contribution is 7.17. The van der Waals surface area contributed by atoms with Crippen molar-refractivity contribution in [2.75, 3.05) is 13.7 Å². The van der Waals surface area contributed by atoms with Crippen LogP contribution in [0, 0.1) is 0 Å². The van der Waals surface area contributed by atoms with E-state index in [0.717, 1.165) is 12.3 Å². The van der Waals surface area contributed by atoms with E-state index >= 15 is 0 Å². The Morgan fingerprint density at radius 1 is 1.20 bits per heavy atom. The number of rotatable bonds is 5. The number of nitrogens with one attached hydrogen (secondary N) is 1. The molecule has 2 nitrogen and oxygen atoms in total. The third-order valence-corrected chi connectivity index (χ3v) is 5.30. The SMILES string of the molecule is CCNC(c1cc(OC)cs1)c1csc2ccccc12. The van der Waals surface area contributed by atoms with Crippen molar-refractivity contribution in [3.05, 3.63) is 51.5 Å². The molecule has 3 aromatic rings. The summed E-state index contributed by atoms with van der Waals surface area (Å²) in [6.07, 6.45) is 0. The van der Waals surface area contributed by atoms with Crippen molar-refractivity contribution < 1.29 is 4.74 Å². The maximum atomic E-state index is 5.31. The van der Waals surface area contributed by atoms with Crippen LogP contribution >= 0.6 is 22.7 Å². The van der Waals surface area contributed by atoms with Crippen molar-refractivity contribution in [3.63, 3.8) is 0 Å². The lowest BCUT2D eigenvalue weighted by Crippen LogP contribution is -2.20. The minimum absolute atomic E-state index is 0.241. The van der Waals surface area contributed by atoms with Gasteiger partial charge in [0.15, 0.2) is 0 Å². The molecule has 20 heavy (non-hydrogen) atoms. The molecule has 0 saturated heterocycles. The fraction of sp³-hybridized carbons (Fsp3) is 0.250. The zero-order valence-electron chi connectivity index (χ0n) is 11.6. The molecular formula is C16H17NOS2. The number of hydrogen-bond donors (Lipinski definition) is 1. The predicted octanol–water partition coefficient (Wildman–Crippen LogP) is 4.67. The highest BCUT2D eigenvalue weighted by Crippen LogP contribution is 2.37. The summed E-state index contributed by atoms with van der Waals surface area (Å²) in [5.41, 5.74) is 1.36. The molecular weight excluding hydrogens is 286 g/mol. The Morgan fingerprint density at radius 3 is 2.80 bits per heavy atom. The minimum Gasteiger partial charge on any atom is -0.496 e. The second-order valence-corrected chi connectivity index (χ2v) is 6.42. The first-order valence-corrected chi connectivity index (χ1v) is 8.41. The van der Waals surface area contributed by atoms with Crippen LogP contribution in [0.5, 0.6) is 5.75 Å². The fourth-order valence-electron chi connectivity index (χ4n) is 2.38. The molecule has 0 aliphatic heterocycles. The van der Waals surface area contributed by atoms with E-state index < -0.39 is 0 Å². The van der Waals surface area contributed by atoms with E-state index in [1.807, 2.05) is 11.3 Å². The predicted molar refractivity (Wildman–Crippen MR) is 88.2 cm³/mol. The standard InChI is InChI=1S/C16H17NOS2/c1-3-17-16(15-8-11(18-2)9-19-15)13-10-20-14-7-5-4-6-12(13)14/h4-10,16-17H,3H2,1-2H3. The van der Waals surface area contributed by atoms with Crippen LogP contribution in [0.1, 0.15) is 23.4 Å². The molecule has 0 aliphatic rings. The topological polar surface area (TPSA) is 21.3 Å². The summed E-state index contributed by atoms with van der Waals surface area (Å²) in [7, 11) is 1.72. The summed E-state index contributed by atoms with van der Waals surface area (Å²) in [6, 6.07) is 11.0. The molecule has 0 amide bonds. The highest BCUT2D eigenvalue weighted by atomic mass is 32.1. The molecule has 3 rings (SSSR count). The van der Waals surface area contributed by atoms with Gasteiger partial charge in [-0.2, -0.15) is 0 Å². The third-order valence-electron chi connectivity index (χ3n) is 3.35. The molecule has 1 atom stereocenters. The van der Waals surface area contributed by atoms with Gasteiger partial charge in [0.1, 0.15) is 5.75 Å². The van der Waals surface area contributed by atoms with E-state index in [0.29, 0.717) is 0 Å². The van der Waals surface area contributed by atoms with Gasteiger partial charge in [0, 0.05) is 15.0 Å². The molecule has 0 fully saturated rings. The minimum atomic E-state index is 0.241. The van der Waals surface area contributed by atoms with Gasteiger partial charge in [0.2, 0.25) is 0 Å². The largest absolute Gasteiger partial charge is 0.496 e. The average Bonchev–Trinajstić information content (AvgIpc) is 3.12. The van der Waals surface area contributed by atoms with E-state index in [2.05, 4.69) is 53.3 Å². The van der Waals surface area contributed by atoms with Crippen molar-refractivity contribution in [1.29, 1.82) is 0 Å². The van der Waals surface area contributed by atoms with E-state index in [-0.39, 0.29) is 6.04 Å². The number of ether oxygens (including phenoxy) is 1. The van der Waals surface area contributed by atoms with E-state index in [9.17, 15) is 0 Å². The number of hydrogen-bond acceptors (Lipinski definition) is 4. The molecule has 1 N–H and O–H groups in total. The van der Waals surface area contributed by atoms with Gasteiger partial charge in [-0.1, -0.05) is 25.1 Å². The smallest absolute Gasteiger partial charge is 0.129 e. The molecule has 1 unspecified atom stereocenters. The number of thiophene rings is 2. The Balaban J connectivity index is 2.05. The second-order valence-electron chi connectivity index (χ2n) is 4.57. The van der Waals surface area contributed by atoms with Gasteiger partial charge in [0.05, 0.1) is 13.2 Å². The van der Waals surface area contributed by atoms with Gasteiger partial charge < -0.3 is 10.1 Å². The van der Waals surface area contributed by atoms with Crippen molar-refractivity contribution >= 4 is 32.8 Å². The maximum Gasteiger partial charge on any atom is 0.129 e. The molecule has 0 bridgehead atoms. The normalized spacial score (nSPS) is 12.7. The summed E-state index contributed by atoms with van der Waals surface area (Å²) in [4.78, 5) is 1.30. The Kier molecular flexibility index (Phi) is 4.05. The lowest BCUT2D eigenvalue weighted by Gasteiger charge is -2.16. The molecule has 104 valence electrons. The fourth-order valence-corrected chi connectivity index (χ4v) is 4.32. The summed E-state index contributed by atoms with van der Waals surface area (Å²) in [5, 5.41) is 9.27. The lowest BCUT2D eigenvalue weighted by atomic mass is 10.0. The van der Waals surface area contributed by atoms with Crippen LogP contribution in [0.3, 0.4) is 0 Å². The quantitative estimate of drug-likeness (QED) is 0.739. The number of fused-ring (bicyclic) bond motifs is 1. The van der Waals surface area contributed by atoms with Gasteiger partial charge in [-0.3, -0.25) is 0 Å². The van der Waals surface area contributed by atoms with Crippen molar-refractivity contribution in [1.82, 2.24) is 5.32 Å². The molecule has 2 heterocycles. The van der Waals surface area contributed by atoms with Crippen LogP contribution in [0.25, 0.3) is 10.1 Å². The van der Waals surface area contributed by atoms with Crippen molar-refractivity contribution in [2.45, 2.75) is 13.0 Å². The van der Waals surface area contributed by atoms with E-state index in [1.54, 1.807) is 18.4 Å². The summed E-state index contributed by atoms with van der Waals surface area (Å²) >= 11 is 3.55. The molecule has 0 saturated carbocycles. The third kappa shape index (κ3) is 2.46. The van der Waals surface area contributed by atoms with Crippen LogP contribution in [-0.2, 0) is 0 Å². The Hall–Kier alpha value is -1.36. The van der Waals surface area contributed by atoms with E-state index in [1.165, 1.54) is 20.5 Å². The van der Waals surface area contributed by atoms with Gasteiger partial charge in [-0.15, -0.1) is 22.7 Å². The highest BCUT2D eigenvalue weighted by Gasteiger charge is 2.19. The van der Waals surface area contributed by atoms with E-state index in [4.69, 9.17) is 4.74 Å². The molecule has 2 aromatic heterocycles. The summed E-state index contributed by atoms with van der Waals surface area (Å²) < 4.78 is 6.65. The van der Waals surface area contributed by atoms with Crippen molar-refractivity contribution in [3.8, 4) is 5.75 Å². The first kappa shape index (κ1) is 13.6. The van der Waals surface area contributed by atoms with Crippen LogP contribution in [0.15, 0.2) is 41.1 Å². The average molecular weight is 303 g/mol. The van der Waals surface area contributed by atoms with Crippen LogP contribution in [-0.4, -0.2) is 13.7 Å². The Morgan fingerprint density at radius 2 is 2.05 bits per heavy atom. The van der Waals surface area contributed by atoms with Crippen LogP contribution in [0.2, 0.25) is 0 Å². The first-order valence-electron chi connectivity index (χ1n) is 6.65.